The number of hydrogen-bond donors (Lipinski definition) is 0. The minimum atomic E-state index is -3.18. The van der Waals surface area contributed by atoms with Gasteiger partial charge in [-0.1, -0.05) is 34.1 Å². The van der Waals surface area contributed by atoms with E-state index in [2.05, 4.69) is 15.9 Å². The topological polar surface area (TPSA) is 57.7 Å². The molecule has 0 radical (unpaired) electrons. The number of urea groups is 1. The summed E-state index contributed by atoms with van der Waals surface area (Å²) >= 11 is 3.39. The number of carbonyl (C=O) groups is 1. The monoisotopic (exact) mass is 420 g/mol. The molecule has 0 aromatic heterocycles. The first kappa shape index (κ1) is 16.6. The number of benzene rings is 2. The molecule has 2 saturated heterocycles. The van der Waals surface area contributed by atoms with Crippen molar-refractivity contribution in [1.29, 1.82) is 0 Å². The molecule has 2 aliphatic rings. The van der Waals surface area contributed by atoms with Crippen molar-refractivity contribution in [2.24, 2.45) is 0 Å². The van der Waals surface area contributed by atoms with Gasteiger partial charge >= 0.3 is 6.03 Å². The summed E-state index contributed by atoms with van der Waals surface area (Å²) in [5, 5.41) is 0. The van der Waals surface area contributed by atoms with Gasteiger partial charge in [-0.15, -0.1) is 0 Å². The van der Waals surface area contributed by atoms with Crippen LogP contribution in [0.15, 0.2) is 53.0 Å². The molecule has 2 atom stereocenters. The van der Waals surface area contributed by atoms with Gasteiger partial charge in [-0.3, -0.25) is 9.80 Å². The van der Waals surface area contributed by atoms with Gasteiger partial charge in [0.25, 0.3) is 0 Å². The number of aryl methyl sites for hydroxylation is 1. The SMILES string of the molecule is Cc1ccccc1N1C(=O)N(c2ccc(Br)cc2)C2CS(=O)(=O)CC21. The van der Waals surface area contributed by atoms with Crippen LogP contribution in [0.3, 0.4) is 0 Å². The Morgan fingerprint density at radius 3 is 2.20 bits per heavy atom. The van der Waals surface area contributed by atoms with Crippen LogP contribution in [0.2, 0.25) is 0 Å². The van der Waals surface area contributed by atoms with Crippen LogP contribution in [0.25, 0.3) is 0 Å². The van der Waals surface area contributed by atoms with E-state index in [1.54, 1.807) is 9.80 Å². The second kappa shape index (κ2) is 5.85. The smallest absolute Gasteiger partial charge is 0.288 e. The number of rotatable bonds is 2. The molecule has 25 heavy (non-hydrogen) atoms. The van der Waals surface area contributed by atoms with Crippen LogP contribution >= 0.6 is 15.9 Å². The Morgan fingerprint density at radius 1 is 0.960 bits per heavy atom. The average molecular weight is 421 g/mol. The molecule has 5 nitrogen and oxygen atoms in total. The fourth-order valence-electron chi connectivity index (χ4n) is 3.72. The van der Waals surface area contributed by atoms with Gasteiger partial charge in [0.2, 0.25) is 0 Å². The fraction of sp³-hybridized carbons (Fsp3) is 0.278. The highest BCUT2D eigenvalue weighted by atomic mass is 79.9. The number of carbonyl (C=O) groups excluding carboxylic acids is 1. The zero-order valence-corrected chi connectivity index (χ0v) is 16.0. The molecule has 2 heterocycles. The number of halogens is 1. The maximum atomic E-state index is 13.2. The fourth-order valence-corrected chi connectivity index (χ4v) is 5.91. The van der Waals surface area contributed by atoms with E-state index >= 15 is 0 Å². The lowest BCUT2D eigenvalue weighted by atomic mass is 10.1. The summed E-state index contributed by atoms with van der Waals surface area (Å²) in [5.74, 6) is 0.00657. The number of amides is 2. The number of sulfone groups is 1. The minimum Gasteiger partial charge on any atom is -0.288 e. The van der Waals surface area contributed by atoms with E-state index in [4.69, 9.17) is 0 Å². The lowest BCUT2D eigenvalue weighted by Gasteiger charge is -2.24. The highest BCUT2D eigenvalue weighted by Crippen LogP contribution is 2.39. The number of nitrogens with zero attached hydrogens (tertiary/aromatic N) is 2. The summed E-state index contributed by atoms with van der Waals surface area (Å²) in [5.41, 5.74) is 2.45. The molecule has 4 rings (SSSR count). The first-order valence-electron chi connectivity index (χ1n) is 8.01. The molecule has 0 saturated carbocycles. The van der Waals surface area contributed by atoms with Gasteiger partial charge in [0.15, 0.2) is 9.84 Å². The second-order valence-corrected chi connectivity index (χ2v) is 9.57. The molecule has 0 bridgehead atoms. The number of fused-ring (bicyclic) bond motifs is 1. The molecule has 2 unspecified atom stereocenters. The van der Waals surface area contributed by atoms with Crippen LogP contribution in [0.5, 0.6) is 0 Å². The maximum absolute atomic E-state index is 13.2. The summed E-state index contributed by atoms with van der Waals surface area (Å²) in [7, 11) is -3.18. The van der Waals surface area contributed by atoms with Crippen molar-refractivity contribution >= 4 is 43.2 Å². The van der Waals surface area contributed by atoms with Crippen molar-refractivity contribution in [1.82, 2.24) is 0 Å². The molecule has 7 heteroatoms. The summed E-state index contributed by atoms with van der Waals surface area (Å²) in [6, 6.07) is 14.1. The Balaban J connectivity index is 1.83. The van der Waals surface area contributed by atoms with E-state index in [0.29, 0.717) is 0 Å². The largest absolute Gasteiger partial charge is 0.329 e. The zero-order valence-electron chi connectivity index (χ0n) is 13.6. The van der Waals surface area contributed by atoms with Gasteiger partial charge in [-0.2, -0.15) is 0 Å². The van der Waals surface area contributed by atoms with Crippen LogP contribution in [-0.4, -0.2) is 38.0 Å². The Kier molecular flexibility index (Phi) is 3.88. The van der Waals surface area contributed by atoms with Crippen LogP contribution in [0, 0.1) is 6.92 Å². The highest BCUT2D eigenvalue weighted by Gasteiger charge is 2.54. The summed E-state index contributed by atoms with van der Waals surface area (Å²) in [6.45, 7) is 1.93. The zero-order chi connectivity index (χ0) is 17.8. The van der Waals surface area contributed by atoms with Crippen LogP contribution in [-0.2, 0) is 9.84 Å². The van der Waals surface area contributed by atoms with Crippen LogP contribution in [0.1, 0.15) is 5.56 Å². The highest BCUT2D eigenvalue weighted by molar-refractivity contribution is 9.10. The molecule has 2 amide bonds. The second-order valence-electron chi connectivity index (χ2n) is 6.50. The number of anilines is 2. The Hall–Kier alpha value is -1.86. The third kappa shape index (κ3) is 2.75. The van der Waals surface area contributed by atoms with E-state index in [1.807, 2.05) is 55.5 Å². The first-order chi connectivity index (χ1) is 11.9. The normalized spacial score (nSPS) is 24.6. The van der Waals surface area contributed by atoms with Crippen LogP contribution < -0.4 is 9.80 Å². The van der Waals surface area contributed by atoms with Gasteiger partial charge in [0.05, 0.1) is 23.6 Å². The standard InChI is InChI=1S/C18H17BrN2O3S/c1-12-4-2-3-5-15(12)21-17-11-25(23,24)10-16(17)20(18(21)22)14-8-6-13(19)7-9-14/h2-9,16-17H,10-11H2,1H3. The Morgan fingerprint density at radius 2 is 1.56 bits per heavy atom. The molecule has 2 fully saturated rings. The van der Waals surface area contributed by atoms with Crippen molar-refractivity contribution in [2.75, 3.05) is 21.3 Å². The predicted octanol–water partition coefficient (Wildman–Crippen LogP) is 3.37. The van der Waals surface area contributed by atoms with E-state index in [1.165, 1.54) is 0 Å². The Labute approximate surface area is 155 Å². The average Bonchev–Trinajstić information content (AvgIpc) is 2.99. The third-order valence-electron chi connectivity index (χ3n) is 4.85. The van der Waals surface area contributed by atoms with Crippen LogP contribution in [0.4, 0.5) is 16.2 Å². The molecule has 0 N–H and O–H groups in total. The molecular formula is C18H17BrN2O3S. The van der Waals surface area contributed by atoms with Gasteiger partial charge in [0.1, 0.15) is 0 Å². The molecule has 2 aromatic rings. The molecule has 0 spiro atoms. The number of para-hydroxylation sites is 1. The Bertz CT molecular complexity index is 943. The quantitative estimate of drug-likeness (QED) is 0.699. The van der Waals surface area contributed by atoms with E-state index in [-0.39, 0.29) is 29.6 Å². The van der Waals surface area contributed by atoms with Crippen molar-refractivity contribution in [3.05, 3.63) is 58.6 Å². The van der Waals surface area contributed by atoms with E-state index in [9.17, 15) is 13.2 Å². The predicted molar refractivity (Wildman–Crippen MR) is 102 cm³/mol. The van der Waals surface area contributed by atoms with Gasteiger partial charge in [-0.25, -0.2) is 13.2 Å². The lowest BCUT2D eigenvalue weighted by Crippen LogP contribution is -2.38. The molecule has 130 valence electrons. The molecule has 0 aliphatic carbocycles. The molecule has 2 aliphatic heterocycles. The molecule has 2 aromatic carbocycles. The molecular weight excluding hydrogens is 404 g/mol. The van der Waals surface area contributed by atoms with Gasteiger partial charge in [0, 0.05) is 15.8 Å². The lowest BCUT2D eigenvalue weighted by molar-refractivity contribution is 0.255. The minimum absolute atomic E-state index is 0.00184. The van der Waals surface area contributed by atoms with Gasteiger partial charge < -0.3 is 0 Å². The summed E-state index contributed by atoms with van der Waals surface area (Å²) in [6.07, 6.45) is 0. The van der Waals surface area contributed by atoms with Crippen molar-refractivity contribution in [3.8, 4) is 0 Å². The van der Waals surface area contributed by atoms with Gasteiger partial charge in [-0.05, 0) is 42.8 Å². The van der Waals surface area contributed by atoms with Crippen molar-refractivity contribution in [3.63, 3.8) is 0 Å². The van der Waals surface area contributed by atoms with Crippen molar-refractivity contribution in [2.45, 2.75) is 19.0 Å². The summed E-state index contributed by atoms with van der Waals surface area (Å²) in [4.78, 5) is 16.5. The van der Waals surface area contributed by atoms with Crippen molar-refractivity contribution < 1.29 is 13.2 Å². The first-order valence-corrected chi connectivity index (χ1v) is 10.6. The van der Waals surface area contributed by atoms with E-state index in [0.717, 1.165) is 21.4 Å². The van der Waals surface area contributed by atoms with E-state index < -0.39 is 9.84 Å². The maximum Gasteiger partial charge on any atom is 0.329 e. The third-order valence-corrected chi connectivity index (χ3v) is 7.08. The summed E-state index contributed by atoms with van der Waals surface area (Å²) < 4.78 is 25.5. The number of hydrogen-bond acceptors (Lipinski definition) is 3.